The van der Waals surface area contributed by atoms with Crippen LogP contribution in [0.5, 0.6) is 0 Å². The van der Waals surface area contributed by atoms with E-state index in [1.54, 1.807) is 11.3 Å². The summed E-state index contributed by atoms with van der Waals surface area (Å²) in [5, 5.41) is 2.13. The number of rotatable bonds is 4. The molecule has 1 aliphatic rings. The maximum absolute atomic E-state index is 6.24. The number of nitrogens with zero attached hydrogens (tertiary/aromatic N) is 3. The van der Waals surface area contributed by atoms with E-state index < -0.39 is 0 Å². The molecule has 2 aromatic rings. The van der Waals surface area contributed by atoms with Crippen molar-refractivity contribution in [2.45, 2.75) is 19.0 Å². The lowest BCUT2D eigenvalue weighted by atomic mass is 10.1. The third-order valence-electron chi connectivity index (χ3n) is 4.01. The molecule has 2 atom stereocenters. The smallest absolute Gasteiger partial charge is 0.128 e. The molecule has 0 aromatic carbocycles. The number of thiophene rings is 1. The van der Waals surface area contributed by atoms with Crippen LogP contribution < -0.4 is 10.6 Å². The summed E-state index contributed by atoms with van der Waals surface area (Å²) < 4.78 is 0. The Hall–Kier alpha value is -1.43. The summed E-state index contributed by atoms with van der Waals surface area (Å²) in [7, 11) is 0. The van der Waals surface area contributed by atoms with E-state index in [-0.39, 0.29) is 6.04 Å². The van der Waals surface area contributed by atoms with Crippen LogP contribution in [0, 0.1) is 0 Å². The molecule has 2 aromatic heterocycles. The molecule has 112 valence electrons. The lowest BCUT2D eigenvalue weighted by Crippen LogP contribution is -2.51. The average Bonchev–Trinajstić information content (AvgIpc) is 3.03. The first kappa shape index (κ1) is 14.5. The number of aromatic nitrogens is 1. The van der Waals surface area contributed by atoms with Crippen molar-refractivity contribution in [2.24, 2.45) is 5.73 Å². The molecular weight excluding hydrogens is 280 g/mol. The van der Waals surface area contributed by atoms with Crippen molar-refractivity contribution >= 4 is 17.2 Å². The fourth-order valence-corrected chi connectivity index (χ4v) is 3.98. The molecule has 5 heteroatoms. The molecule has 0 spiro atoms. The van der Waals surface area contributed by atoms with E-state index in [0.717, 1.165) is 32.0 Å². The largest absolute Gasteiger partial charge is 0.354 e. The highest BCUT2D eigenvalue weighted by atomic mass is 32.1. The monoisotopic (exact) mass is 302 g/mol. The summed E-state index contributed by atoms with van der Waals surface area (Å²) in [6, 6.07) is 10.9. The molecule has 1 aliphatic heterocycles. The van der Waals surface area contributed by atoms with Crippen molar-refractivity contribution in [2.75, 3.05) is 31.1 Å². The van der Waals surface area contributed by atoms with Gasteiger partial charge in [0.15, 0.2) is 0 Å². The predicted octanol–water partition coefficient (Wildman–Crippen LogP) is 2.35. The number of anilines is 1. The lowest BCUT2D eigenvalue weighted by molar-refractivity contribution is 0.169. The van der Waals surface area contributed by atoms with E-state index >= 15 is 0 Å². The van der Waals surface area contributed by atoms with Crippen LogP contribution in [0.1, 0.15) is 17.8 Å². The Morgan fingerprint density at radius 1 is 1.14 bits per heavy atom. The van der Waals surface area contributed by atoms with Crippen LogP contribution in [0.4, 0.5) is 5.82 Å². The zero-order valence-electron chi connectivity index (χ0n) is 12.4. The molecule has 2 N–H and O–H groups in total. The van der Waals surface area contributed by atoms with Gasteiger partial charge in [0.2, 0.25) is 0 Å². The summed E-state index contributed by atoms with van der Waals surface area (Å²) in [5.74, 6) is 1.07. The highest BCUT2D eigenvalue weighted by Gasteiger charge is 2.28. The molecule has 4 nitrogen and oxygen atoms in total. The summed E-state index contributed by atoms with van der Waals surface area (Å²) >= 11 is 1.80. The van der Waals surface area contributed by atoms with E-state index in [1.165, 1.54) is 4.88 Å². The van der Waals surface area contributed by atoms with Crippen LogP contribution >= 0.6 is 11.3 Å². The maximum Gasteiger partial charge on any atom is 0.128 e. The Labute approximate surface area is 130 Å². The van der Waals surface area contributed by atoms with Crippen LogP contribution in [0.2, 0.25) is 0 Å². The Kier molecular flexibility index (Phi) is 4.53. The van der Waals surface area contributed by atoms with Gasteiger partial charge in [0, 0.05) is 43.3 Å². The van der Waals surface area contributed by atoms with Crippen molar-refractivity contribution in [3.63, 3.8) is 0 Å². The van der Waals surface area contributed by atoms with Gasteiger partial charge in [0.25, 0.3) is 0 Å². The highest BCUT2D eigenvalue weighted by Crippen LogP contribution is 2.28. The Bertz CT molecular complexity index is 533. The van der Waals surface area contributed by atoms with Gasteiger partial charge in [0.05, 0.1) is 6.04 Å². The van der Waals surface area contributed by atoms with Gasteiger partial charge in [0.1, 0.15) is 5.82 Å². The van der Waals surface area contributed by atoms with Gasteiger partial charge >= 0.3 is 0 Å². The van der Waals surface area contributed by atoms with Crippen LogP contribution in [0.15, 0.2) is 41.9 Å². The molecule has 0 radical (unpaired) electrons. The fraction of sp³-hybridized carbons (Fsp3) is 0.438. The first-order valence-electron chi connectivity index (χ1n) is 7.45. The fourth-order valence-electron chi connectivity index (χ4n) is 3.00. The molecule has 2 unspecified atom stereocenters. The highest BCUT2D eigenvalue weighted by molar-refractivity contribution is 7.10. The van der Waals surface area contributed by atoms with Crippen LogP contribution in [-0.4, -0.2) is 42.1 Å². The standard InChI is InChI=1S/C16H22N4S/c1-13(17)16(14-5-4-12-21-14)20-10-8-19(9-11-20)15-6-2-3-7-18-15/h2-7,12-13,16H,8-11,17H2,1H3. The SMILES string of the molecule is CC(N)C(c1cccs1)N1CCN(c2ccccn2)CC1. The van der Waals surface area contributed by atoms with Crippen molar-refractivity contribution < 1.29 is 0 Å². The zero-order valence-corrected chi connectivity index (χ0v) is 13.2. The van der Waals surface area contributed by atoms with E-state index in [2.05, 4.69) is 45.3 Å². The van der Waals surface area contributed by atoms with E-state index in [1.807, 2.05) is 18.3 Å². The van der Waals surface area contributed by atoms with Gasteiger partial charge in [-0.1, -0.05) is 12.1 Å². The summed E-state index contributed by atoms with van der Waals surface area (Å²) in [6.07, 6.45) is 1.86. The molecule has 0 bridgehead atoms. The van der Waals surface area contributed by atoms with Crippen molar-refractivity contribution in [3.8, 4) is 0 Å². The molecule has 3 rings (SSSR count). The maximum atomic E-state index is 6.24. The third-order valence-corrected chi connectivity index (χ3v) is 4.96. The Morgan fingerprint density at radius 2 is 1.95 bits per heavy atom. The topological polar surface area (TPSA) is 45.4 Å². The average molecular weight is 302 g/mol. The number of nitrogens with two attached hydrogens (primary N) is 1. The van der Waals surface area contributed by atoms with Gasteiger partial charge in [-0.05, 0) is 30.5 Å². The first-order valence-corrected chi connectivity index (χ1v) is 8.32. The summed E-state index contributed by atoms with van der Waals surface area (Å²) in [5.41, 5.74) is 6.24. The van der Waals surface area contributed by atoms with Crippen LogP contribution in [-0.2, 0) is 0 Å². The predicted molar refractivity (Wildman–Crippen MR) is 88.7 cm³/mol. The van der Waals surface area contributed by atoms with E-state index in [9.17, 15) is 0 Å². The van der Waals surface area contributed by atoms with Gasteiger partial charge in [-0.2, -0.15) is 0 Å². The van der Waals surface area contributed by atoms with Gasteiger partial charge < -0.3 is 10.6 Å². The van der Waals surface area contributed by atoms with Gasteiger partial charge in [-0.25, -0.2) is 4.98 Å². The van der Waals surface area contributed by atoms with Crippen molar-refractivity contribution in [1.29, 1.82) is 0 Å². The molecule has 3 heterocycles. The summed E-state index contributed by atoms with van der Waals surface area (Å²) in [6.45, 7) is 6.17. The molecule has 0 amide bonds. The van der Waals surface area contributed by atoms with Gasteiger partial charge in [-0.15, -0.1) is 11.3 Å². The van der Waals surface area contributed by atoms with Crippen molar-refractivity contribution in [1.82, 2.24) is 9.88 Å². The quantitative estimate of drug-likeness (QED) is 0.942. The minimum atomic E-state index is 0.144. The zero-order chi connectivity index (χ0) is 14.7. The van der Waals surface area contributed by atoms with Crippen molar-refractivity contribution in [3.05, 3.63) is 46.8 Å². The molecule has 1 fully saturated rings. The minimum Gasteiger partial charge on any atom is -0.354 e. The second-order valence-corrected chi connectivity index (χ2v) is 6.51. The Balaban J connectivity index is 1.67. The minimum absolute atomic E-state index is 0.144. The summed E-state index contributed by atoms with van der Waals surface area (Å²) in [4.78, 5) is 10.7. The Morgan fingerprint density at radius 3 is 2.52 bits per heavy atom. The van der Waals surface area contributed by atoms with E-state index in [4.69, 9.17) is 5.73 Å². The van der Waals surface area contributed by atoms with Crippen LogP contribution in [0.25, 0.3) is 0 Å². The van der Waals surface area contributed by atoms with Crippen LogP contribution in [0.3, 0.4) is 0 Å². The number of piperazine rings is 1. The number of pyridine rings is 1. The molecular formula is C16H22N4S. The third kappa shape index (κ3) is 3.26. The number of hydrogen-bond acceptors (Lipinski definition) is 5. The van der Waals surface area contributed by atoms with E-state index in [0.29, 0.717) is 6.04 Å². The second kappa shape index (κ2) is 6.56. The first-order chi connectivity index (χ1) is 10.3. The normalized spacial score (nSPS) is 19.4. The second-order valence-electron chi connectivity index (χ2n) is 5.53. The molecule has 1 saturated heterocycles. The molecule has 0 aliphatic carbocycles. The molecule has 0 saturated carbocycles. The molecule has 21 heavy (non-hydrogen) atoms. The number of hydrogen-bond donors (Lipinski definition) is 1. The lowest BCUT2D eigenvalue weighted by Gasteiger charge is -2.40. The van der Waals surface area contributed by atoms with Gasteiger partial charge in [-0.3, -0.25) is 4.90 Å².